The maximum absolute atomic E-state index is 14.0. The van der Waals surface area contributed by atoms with Crippen molar-refractivity contribution in [2.45, 2.75) is 99.1 Å². The first-order chi connectivity index (χ1) is 32.9. The van der Waals surface area contributed by atoms with Crippen LogP contribution >= 0.6 is 0 Å². The summed E-state index contributed by atoms with van der Waals surface area (Å²) in [4.78, 5) is 70.6. The number of nitrogens with one attached hydrogen (secondary N) is 4. The first-order valence-electron chi connectivity index (χ1n) is 23.1. The van der Waals surface area contributed by atoms with Crippen molar-refractivity contribution < 1.29 is 28.7 Å². The lowest BCUT2D eigenvalue weighted by molar-refractivity contribution is 0.0950. The maximum atomic E-state index is 14.0. The Morgan fingerprint density at radius 2 is 1.37 bits per heavy atom. The topological polar surface area (TPSA) is 248 Å². The predicted molar refractivity (Wildman–Crippen MR) is 258 cm³/mol. The molecule has 358 valence electrons. The van der Waals surface area contributed by atoms with E-state index < -0.39 is 11.8 Å². The molecule has 68 heavy (non-hydrogen) atoms. The van der Waals surface area contributed by atoms with Crippen molar-refractivity contribution in [2.75, 3.05) is 43.5 Å². The molecule has 6 N–H and O–H groups in total. The lowest BCUT2D eigenvalue weighted by Crippen LogP contribution is -2.33. The number of ether oxygens (including phenoxy) is 2. The van der Waals surface area contributed by atoms with Crippen LogP contribution in [0.1, 0.15) is 100 Å². The van der Waals surface area contributed by atoms with Crippen LogP contribution in [0.2, 0.25) is 0 Å². The Bertz CT molecular complexity index is 2920. The van der Waals surface area contributed by atoms with Crippen LogP contribution in [0.25, 0.3) is 22.1 Å². The van der Waals surface area contributed by atoms with Crippen LogP contribution in [0.3, 0.4) is 0 Å². The molecule has 6 heterocycles. The summed E-state index contributed by atoms with van der Waals surface area (Å²) in [6.45, 7) is 15.3. The Labute approximate surface area is 393 Å². The highest BCUT2D eigenvalue weighted by Crippen LogP contribution is 2.34. The number of imidazole rings is 2. The number of allylic oxidation sites excluding steroid dienone is 2. The third kappa shape index (κ3) is 10.3. The van der Waals surface area contributed by atoms with E-state index in [0.717, 1.165) is 25.8 Å². The number of hydrogen-bond acceptors (Lipinski definition) is 13. The number of amides is 3. The number of nitrogens with two attached hydrogens (primary N) is 1. The molecule has 2 aliphatic rings. The molecular weight excluding hydrogens is 871 g/mol. The van der Waals surface area contributed by atoms with Crippen molar-refractivity contribution in [3.63, 3.8) is 0 Å². The molecule has 2 atom stereocenters. The number of aryl methyl sites for hydroxylation is 4. The number of amidine groups is 1. The van der Waals surface area contributed by atoms with Gasteiger partial charge in [0.1, 0.15) is 59.3 Å². The van der Waals surface area contributed by atoms with E-state index in [-0.39, 0.29) is 56.2 Å². The van der Waals surface area contributed by atoms with E-state index in [1.165, 1.54) is 0 Å². The third-order valence-corrected chi connectivity index (χ3v) is 12.0. The van der Waals surface area contributed by atoms with Gasteiger partial charge in [0.2, 0.25) is 11.9 Å². The number of aliphatic imine (C=N–C) groups is 1. The largest absolute Gasteiger partial charge is 0.490 e. The predicted octanol–water partition coefficient (Wildman–Crippen LogP) is 4.63. The van der Waals surface area contributed by atoms with Gasteiger partial charge in [-0.1, -0.05) is 19.1 Å². The van der Waals surface area contributed by atoms with Crippen molar-refractivity contribution >= 4 is 63.8 Å². The summed E-state index contributed by atoms with van der Waals surface area (Å²) in [6, 6.07) is 10.0. The monoisotopic (exact) mass is 929 g/mol. The van der Waals surface area contributed by atoms with Crippen LogP contribution in [0.4, 0.5) is 11.9 Å². The van der Waals surface area contributed by atoms with E-state index in [9.17, 15) is 19.2 Å². The molecule has 0 radical (unpaired) electrons. The second-order valence-corrected chi connectivity index (χ2v) is 16.9. The lowest BCUT2D eigenvalue weighted by Gasteiger charge is -2.21. The molecule has 8 rings (SSSR count). The molecule has 0 spiro atoms. The highest BCUT2D eigenvalue weighted by Gasteiger charge is 2.31. The molecular formula is C47H59N15O6. The fourth-order valence-corrected chi connectivity index (χ4v) is 8.22. The van der Waals surface area contributed by atoms with E-state index >= 15 is 0 Å². The van der Waals surface area contributed by atoms with Crippen LogP contribution in [-0.2, 0) is 26.2 Å². The minimum Gasteiger partial charge on any atom is -0.490 e. The lowest BCUT2D eigenvalue weighted by atomic mass is 10.1. The number of nitrogens with zero attached hydrogens (tertiary/aromatic N) is 10. The van der Waals surface area contributed by atoms with E-state index in [4.69, 9.17) is 25.3 Å². The number of carbonyl (C=O) groups excluding carboxylic acids is 4. The van der Waals surface area contributed by atoms with Gasteiger partial charge in [-0.05, 0) is 83.9 Å². The fourth-order valence-electron chi connectivity index (χ4n) is 8.22. The highest BCUT2D eigenvalue weighted by molar-refractivity contribution is 6.05. The number of aldehydes is 1. The van der Waals surface area contributed by atoms with Gasteiger partial charge in [-0.25, -0.2) is 15.8 Å². The Morgan fingerprint density at radius 1 is 0.809 bits per heavy atom. The Morgan fingerprint density at radius 3 is 1.88 bits per heavy atom. The van der Waals surface area contributed by atoms with Crippen LogP contribution in [0.15, 0.2) is 53.5 Å². The zero-order valence-corrected chi connectivity index (χ0v) is 39.3. The van der Waals surface area contributed by atoms with Crippen LogP contribution in [0.5, 0.6) is 11.5 Å². The number of carbonyl (C=O) groups is 4. The molecule has 1 fully saturated rings. The zero-order valence-electron chi connectivity index (χ0n) is 39.3. The Kier molecular flexibility index (Phi) is 14.3. The molecule has 21 heteroatoms. The van der Waals surface area contributed by atoms with Crippen molar-refractivity contribution in [2.24, 2.45) is 10.8 Å². The van der Waals surface area contributed by atoms with Crippen LogP contribution in [0, 0.1) is 13.8 Å². The minimum atomic E-state index is -0.409. The summed E-state index contributed by atoms with van der Waals surface area (Å²) >= 11 is 0. The van der Waals surface area contributed by atoms with Gasteiger partial charge in [0, 0.05) is 69.4 Å². The molecule has 6 aromatic rings. The first kappa shape index (κ1) is 47.1. The molecule has 3 amide bonds. The second-order valence-electron chi connectivity index (χ2n) is 16.9. The SMILES string of the molecule is CCC(C)N=C(CCCNC(=O)c1cc2c3c(c1)nc(NC(=O)c1cc(C)nn1CC)n3C/C=C/Cn1c(NC(=O)c3cc(C)nn3CC)nc3cc(C=O)cc(c31)OCC(N1CC1)CO2)NN. The molecule has 4 aromatic heterocycles. The van der Waals surface area contributed by atoms with Gasteiger partial charge in [-0.2, -0.15) is 10.2 Å². The van der Waals surface area contributed by atoms with E-state index in [0.29, 0.717) is 106 Å². The fraction of sp³-hybridized carbons (Fsp3) is 0.426. The smallest absolute Gasteiger partial charge is 0.276 e. The Balaban J connectivity index is 1.19. The molecule has 21 nitrogen and oxygen atoms in total. The summed E-state index contributed by atoms with van der Waals surface area (Å²) in [6.07, 6.45) is 6.58. The van der Waals surface area contributed by atoms with Crippen LogP contribution < -0.4 is 36.7 Å². The highest BCUT2D eigenvalue weighted by atomic mass is 16.5. The number of hydrogen-bond donors (Lipinski definition) is 5. The normalized spacial score (nSPS) is 16.3. The molecule has 0 saturated carbocycles. The van der Waals surface area contributed by atoms with Gasteiger partial charge in [0.05, 0.1) is 28.5 Å². The number of aromatic nitrogens is 8. The minimum absolute atomic E-state index is 0.118. The third-order valence-electron chi connectivity index (χ3n) is 12.0. The first-order valence-corrected chi connectivity index (χ1v) is 23.1. The summed E-state index contributed by atoms with van der Waals surface area (Å²) < 4.78 is 20.3. The molecule has 0 aliphatic carbocycles. The molecule has 2 aliphatic heterocycles. The maximum Gasteiger partial charge on any atom is 0.276 e. The quantitative estimate of drug-likeness (QED) is 0.0138. The van der Waals surface area contributed by atoms with Gasteiger partial charge in [-0.15, -0.1) is 0 Å². The summed E-state index contributed by atoms with van der Waals surface area (Å²) in [5.74, 6) is 6.53. The van der Waals surface area contributed by atoms with Gasteiger partial charge in [-0.3, -0.25) is 49.1 Å². The van der Waals surface area contributed by atoms with Gasteiger partial charge >= 0.3 is 0 Å². The number of hydrazine groups is 1. The molecule has 2 unspecified atom stereocenters. The molecule has 2 aromatic carbocycles. The van der Waals surface area contributed by atoms with Crippen molar-refractivity contribution in [3.8, 4) is 11.5 Å². The zero-order chi connectivity index (χ0) is 48.1. The summed E-state index contributed by atoms with van der Waals surface area (Å²) in [7, 11) is 0. The van der Waals surface area contributed by atoms with Crippen molar-refractivity contribution in [3.05, 3.63) is 82.5 Å². The summed E-state index contributed by atoms with van der Waals surface area (Å²) in [5.41, 5.74) is 7.50. The van der Waals surface area contributed by atoms with Gasteiger partial charge in [0.15, 0.2) is 0 Å². The van der Waals surface area contributed by atoms with E-state index in [2.05, 4.69) is 48.4 Å². The van der Waals surface area contributed by atoms with Crippen molar-refractivity contribution in [1.82, 2.24) is 54.3 Å². The molecule has 1 saturated heterocycles. The number of anilines is 2. The Hall–Kier alpha value is -7.39. The van der Waals surface area contributed by atoms with Crippen LogP contribution in [-0.4, -0.2) is 118 Å². The van der Waals surface area contributed by atoms with Gasteiger partial charge < -0.3 is 29.4 Å². The molecule has 0 bridgehead atoms. The number of benzene rings is 2. The van der Waals surface area contributed by atoms with E-state index in [1.54, 1.807) is 45.8 Å². The average molecular weight is 930 g/mol. The average Bonchev–Trinajstić information content (AvgIpc) is 3.66. The number of rotatable bonds is 15. The standard InChI is InChI=1S/C47H59N15O6/c1-7-28(4)50-40(55-48)13-12-14-49-43(64)32-23-35-42-39(24-32)68-27-33(58-17-18-58)26-67-38-22-31(25-63)21-34-41(38)59(46(51-34)53-44(65)36-19-29(5)56-61(36)8-2)15-10-11-16-60(42)47(52-35)54-45(66)37-20-30(6)57-62(37)9-3/h10-11,19-25,28,33H,7-9,12-18,26-27,48H2,1-6H3,(H,49,64)(H,50,55)(H,51,53,65)(H,52,54,66)/b11-10+. The van der Waals surface area contributed by atoms with Crippen molar-refractivity contribution in [1.29, 1.82) is 0 Å². The van der Waals surface area contributed by atoms with E-state index in [1.807, 2.05) is 55.9 Å². The van der Waals surface area contributed by atoms with Gasteiger partial charge in [0.25, 0.3) is 17.7 Å². The summed E-state index contributed by atoms with van der Waals surface area (Å²) in [5, 5.41) is 18.0. The second kappa shape index (κ2) is 20.6.